The van der Waals surface area contributed by atoms with Gasteiger partial charge in [0.15, 0.2) is 0 Å². The number of hydrogen-bond donors (Lipinski definition) is 0. The number of imidazole rings is 1. The summed E-state index contributed by atoms with van der Waals surface area (Å²) in [5.41, 5.74) is 1.03. The van der Waals surface area contributed by atoms with E-state index in [1.54, 1.807) is 4.90 Å². The van der Waals surface area contributed by atoms with Gasteiger partial charge in [-0.3, -0.25) is 14.5 Å². The van der Waals surface area contributed by atoms with Crippen LogP contribution in [-0.4, -0.2) is 74.8 Å². The van der Waals surface area contributed by atoms with Crippen molar-refractivity contribution in [2.45, 2.75) is 50.7 Å². The smallest absolute Gasteiger partial charge is 0.254 e. The minimum atomic E-state index is -0.515. The highest BCUT2D eigenvalue weighted by atomic mass is 16.2. The summed E-state index contributed by atoms with van der Waals surface area (Å²) in [7, 11) is 5.63. The van der Waals surface area contributed by atoms with Crippen LogP contribution in [0.15, 0.2) is 36.7 Å². The van der Waals surface area contributed by atoms with Crippen LogP contribution in [0.3, 0.4) is 0 Å². The number of rotatable bonds is 4. The van der Waals surface area contributed by atoms with Gasteiger partial charge in [0.1, 0.15) is 5.82 Å². The Bertz CT molecular complexity index is 972. The molecule has 166 valence electrons. The molecular formula is C24H33N5O2. The van der Waals surface area contributed by atoms with Crippen LogP contribution in [0.5, 0.6) is 0 Å². The Labute approximate surface area is 184 Å². The second-order valence-corrected chi connectivity index (χ2v) is 9.36. The molecule has 2 aromatic rings. The topological polar surface area (TPSA) is 61.7 Å². The molecule has 2 amide bonds. The van der Waals surface area contributed by atoms with Crippen LogP contribution in [-0.2, 0) is 18.4 Å². The predicted molar refractivity (Wildman–Crippen MR) is 120 cm³/mol. The molecule has 1 spiro atoms. The average Bonchev–Trinajstić information content (AvgIpc) is 3.14. The third-order valence-corrected chi connectivity index (χ3v) is 6.95. The van der Waals surface area contributed by atoms with Crippen molar-refractivity contribution in [2.75, 3.05) is 27.2 Å². The molecule has 1 fully saturated rings. The number of amides is 2. The SMILES string of the molecule is CC(C)N1C(=O)c2ccccc2C(C(=O)N(C)C)C12CCN(Cc1nccn1C)CC2. The Hall–Kier alpha value is -2.67. The number of carbonyl (C=O) groups is 2. The van der Waals surface area contributed by atoms with Gasteiger partial charge in [0.25, 0.3) is 5.91 Å². The number of likely N-dealkylation sites (tertiary alicyclic amines) is 1. The van der Waals surface area contributed by atoms with Gasteiger partial charge in [-0.05, 0) is 38.3 Å². The molecule has 0 saturated carbocycles. The van der Waals surface area contributed by atoms with Crippen LogP contribution >= 0.6 is 0 Å². The zero-order valence-electron chi connectivity index (χ0n) is 19.2. The Morgan fingerprint density at radius 3 is 2.48 bits per heavy atom. The highest BCUT2D eigenvalue weighted by Crippen LogP contribution is 2.48. The lowest BCUT2D eigenvalue weighted by atomic mass is 9.66. The van der Waals surface area contributed by atoms with E-state index in [-0.39, 0.29) is 23.8 Å². The first-order valence-corrected chi connectivity index (χ1v) is 11.1. The molecule has 2 aliphatic heterocycles. The fourth-order valence-electron chi connectivity index (χ4n) is 5.45. The maximum atomic E-state index is 13.6. The van der Waals surface area contributed by atoms with Crippen molar-refractivity contribution in [3.63, 3.8) is 0 Å². The van der Waals surface area contributed by atoms with E-state index in [0.29, 0.717) is 5.56 Å². The lowest BCUT2D eigenvalue weighted by Crippen LogP contribution is -2.66. The second kappa shape index (κ2) is 8.11. The number of aromatic nitrogens is 2. The highest BCUT2D eigenvalue weighted by molar-refractivity contribution is 6.02. The number of aryl methyl sites for hydroxylation is 1. The van der Waals surface area contributed by atoms with Crippen LogP contribution in [0.25, 0.3) is 0 Å². The van der Waals surface area contributed by atoms with Gasteiger partial charge in [-0.1, -0.05) is 18.2 Å². The van der Waals surface area contributed by atoms with Crippen molar-refractivity contribution in [1.29, 1.82) is 0 Å². The van der Waals surface area contributed by atoms with Crippen LogP contribution in [0.2, 0.25) is 0 Å². The van der Waals surface area contributed by atoms with Gasteiger partial charge < -0.3 is 14.4 Å². The van der Waals surface area contributed by atoms with E-state index in [4.69, 9.17) is 0 Å². The van der Waals surface area contributed by atoms with Gasteiger partial charge in [-0.25, -0.2) is 4.98 Å². The number of benzene rings is 1. The van der Waals surface area contributed by atoms with Gasteiger partial charge in [-0.15, -0.1) is 0 Å². The molecule has 7 heteroatoms. The standard InChI is InChI=1S/C24H33N5O2/c1-17(2)29-22(30)19-9-7-6-8-18(19)21(23(31)26(3)4)24(29)10-13-28(14-11-24)16-20-25-12-15-27(20)5/h6-9,12,15,17,21H,10-11,13-14,16H2,1-5H3. The molecule has 7 nitrogen and oxygen atoms in total. The average molecular weight is 424 g/mol. The highest BCUT2D eigenvalue weighted by Gasteiger charge is 2.56. The van der Waals surface area contributed by atoms with Gasteiger partial charge in [0.05, 0.1) is 18.0 Å². The predicted octanol–water partition coefficient (Wildman–Crippen LogP) is 2.49. The van der Waals surface area contributed by atoms with E-state index < -0.39 is 5.54 Å². The summed E-state index contributed by atoms with van der Waals surface area (Å²) in [5, 5.41) is 0. The minimum absolute atomic E-state index is 0.0133. The minimum Gasteiger partial charge on any atom is -0.348 e. The number of piperidine rings is 1. The first-order chi connectivity index (χ1) is 14.8. The van der Waals surface area contributed by atoms with Crippen LogP contribution in [0, 0.1) is 0 Å². The van der Waals surface area contributed by atoms with E-state index in [1.807, 2.05) is 67.3 Å². The van der Waals surface area contributed by atoms with Gasteiger partial charge in [-0.2, -0.15) is 0 Å². The maximum Gasteiger partial charge on any atom is 0.254 e. The normalized spacial score (nSPS) is 20.9. The lowest BCUT2D eigenvalue weighted by Gasteiger charge is -2.56. The summed E-state index contributed by atoms with van der Waals surface area (Å²) >= 11 is 0. The van der Waals surface area contributed by atoms with E-state index in [1.165, 1.54) is 0 Å². The molecule has 1 aromatic carbocycles. The van der Waals surface area contributed by atoms with E-state index >= 15 is 0 Å². The first-order valence-electron chi connectivity index (χ1n) is 11.1. The van der Waals surface area contributed by atoms with Crippen molar-refractivity contribution in [1.82, 2.24) is 24.3 Å². The number of nitrogens with zero attached hydrogens (tertiary/aromatic N) is 5. The largest absolute Gasteiger partial charge is 0.348 e. The number of hydrogen-bond acceptors (Lipinski definition) is 4. The third kappa shape index (κ3) is 3.55. The van der Waals surface area contributed by atoms with Crippen molar-refractivity contribution in [2.24, 2.45) is 7.05 Å². The molecule has 1 atom stereocenters. The van der Waals surface area contributed by atoms with Crippen molar-refractivity contribution in [3.05, 3.63) is 53.6 Å². The molecule has 3 heterocycles. The fraction of sp³-hybridized carbons (Fsp3) is 0.542. The Kier molecular flexibility index (Phi) is 5.64. The summed E-state index contributed by atoms with van der Waals surface area (Å²) < 4.78 is 2.05. The van der Waals surface area contributed by atoms with Crippen molar-refractivity contribution < 1.29 is 9.59 Å². The summed E-state index contributed by atoms with van der Waals surface area (Å²) in [6.45, 7) is 6.54. The van der Waals surface area contributed by atoms with Crippen molar-refractivity contribution >= 4 is 11.8 Å². The summed E-state index contributed by atoms with van der Waals surface area (Å²) in [4.78, 5) is 37.7. The molecular weight excluding hydrogens is 390 g/mol. The van der Waals surface area contributed by atoms with E-state index in [9.17, 15) is 9.59 Å². The Morgan fingerprint density at radius 2 is 1.90 bits per heavy atom. The molecule has 0 N–H and O–H groups in total. The fourth-order valence-corrected chi connectivity index (χ4v) is 5.45. The molecule has 0 radical (unpaired) electrons. The maximum absolute atomic E-state index is 13.6. The van der Waals surface area contributed by atoms with Crippen LogP contribution in [0.4, 0.5) is 0 Å². The number of likely N-dealkylation sites (N-methyl/N-ethyl adjacent to an activating group) is 1. The summed E-state index contributed by atoms with van der Waals surface area (Å²) in [6, 6.07) is 7.68. The molecule has 1 unspecified atom stereocenters. The molecule has 0 aliphatic carbocycles. The third-order valence-electron chi connectivity index (χ3n) is 6.95. The summed E-state index contributed by atoms with van der Waals surface area (Å²) in [6.07, 6.45) is 5.31. The Balaban J connectivity index is 1.73. The summed E-state index contributed by atoms with van der Waals surface area (Å²) in [5.74, 6) is 0.797. The van der Waals surface area contributed by atoms with Crippen LogP contribution in [0.1, 0.15) is 54.4 Å². The molecule has 1 saturated heterocycles. The first kappa shape index (κ1) is 21.6. The molecule has 4 rings (SSSR count). The number of fused-ring (bicyclic) bond motifs is 1. The lowest BCUT2D eigenvalue weighted by molar-refractivity contribution is -0.136. The molecule has 1 aromatic heterocycles. The van der Waals surface area contributed by atoms with Crippen LogP contribution < -0.4 is 0 Å². The zero-order chi connectivity index (χ0) is 22.3. The zero-order valence-corrected chi connectivity index (χ0v) is 19.2. The number of carbonyl (C=O) groups excluding carboxylic acids is 2. The molecule has 0 bridgehead atoms. The quantitative estimate of drug-likeness (QED) is 0.758. The van der Waals surface area contributed by atoms with E-state index in [0.717, 1.165) is 43.9 Å². The van der Waals surface area contributed by atoms with Gasteiger partial charge >= 0.3 is 0 Å². The van der Waals surface area contributed by atoms with E-state index in [2.05, 4.69) is 23.7 Å². The Morgan fingerprint density at radius 1 is 1.23 bits per heavy atom. The van der Waals surface area contributed by atoms with Gasteiger partial charge in [0, 0.05) is 58.2 Å². The second-order valence-electron chi connectivity index (χ2n) is 9.36. The van der Waals surface area contributed by atoms with Gasteiger partial charge in [0.2, 0.25) is 5.91 Å². The molecule has 2 aliphatic rings. The van der Waals surface area contributed by atoms with Crippen molar-refractivity contribution in [3.8, 4) is 0 Å². The molecule has 31 heavy (non-hydrogen) atoms. The monoisotopic (exact) mass is 423 g/mol.